The average molecular weight is 462 g/mol. The maximum atomic E-state index is 13.4. The van der Waals surface area contributed by atoms with Crippen LogP contribution < -0.4 is 19.7 Å². The molecular weight excluding hydrogens is 438 g/mol. The minimum Gasteiger partial charge on any atom is -0.497 e. The maximum absolute atomic E-state index is 13.4. The zero-order valence-corrected chi connectivity index (χ0v) is 19.5. The van der Waals surface area contributed by atoms with E-state index in [1.165, 1.54) is 12.0 Å². The number of ether oxygens (including phenoxy) is 2. The van der Waals surface area contributed by atoms with E-state index < -0.39 is 11.8 Å². The molecule has 0 atom stereocenters. The molecule has 8 heteroatoms. The Kier molecular flexibility index (Phi) is 6.02. The van der Waals surface area contributed by atoms with Crippen molar-refractivity contribution in [3.05, 3.63) is 77.1 Å². The number of carbonyl (C=O) groups is 2. The lowest BCUT2D eigenvalue weighted by atomic mass is 10.1. The van der Waals surface area contributed by atoms with Gasteiger partial charge in [-0.3, -0.25) is 14.9 Å². The lowest BCUT2D eigenvalue weighted by Gasteiger charge is -2.29. The van der Waals surface area contributed by atoms with Gasteiger partial charge in [0.2, 0.25) is 0 Å². The summed E-state index contributed by atoms with van der Waals surface area (Å²) in [5.74, 6) is 0.190. The Morgan fingerprint density at radius 2 is 1.67 bits per heavy atom. The number of amides is 2. The van der Waals surface area contributed by atoms with Crippen LogP contribution in [0.4, 0.5) is 5.69 Å². The highest BCUT2D eigenvalue weighted by molar-refractivity contribution is 7.80. The van der Waals surface area contributed by atoms with Crippen molar-refractivity contribution in [2.24, 2.45) is 0 Å². The quantitative estimate of drug-likeness (QED) is 0.354. The molecule has 0 aliphatic carbocycles. The first-order chi connectivity index (χ1) is 15.8. The molecule has 1 N–H and O–H groups in total. The predicted octanol–water partition coefficient (Wildman–Crippen LogP) is 3.94. The van der Waals surface area contributed by atoms with Crippen LogP contribution >= 0.6 is 12.2 Å². The second kappa shape index (κ2) is 8.91. The van der Waals surface area contributed by atoms with Crippen LogP contribution in [0, 0.1) is 13.8 Å². The molecule has 0 spiro atoms. The maximum Gasteiger partial charge on any atom is 0.270 e. The van der Waals surface area contributed by atoms with Gasteiger partial charge in [0.1, 0.15) is 17.1 Å². The summed E-state index contributed by atoms with van der Waals surface area (Å²) in [6.07, 6.45) is 1.60. The van der Waals surface area contributed by atoms with E-state index in [1.54, 1.807) is 37.5 Å². The largest absolute Gasteiger partial charge is 0.497 e. The summed E-state index contributed by atoms with van der Waals surface area (Å²) in [6.45, 7) is 3.91. The summed E-state index contributed by atoms with van der Waals surface area (Å²) < 4.78 is 12.7. The van der Waals surface area contributed by atoms with E-state index >= 15 is 0 Å². The molecule has 1 aromatic heterocycles. The van der Waals surface area contributed by atoms with Gasteiger partial charge in [-0.05, 0) is 80.2 Å². The summed E-state index contributed by atoms with van der Waals surface area (Å²) in [5.41, 5.74) is 4.02. The molecule has 0 bridgehead atoms. The smallest absolute Gasteiger partial charge is 0.270 e. The van der Waals surface area contributed by atoms with E-state index in [0.29, 0.717) is 11.4 Å². The number of benzene rings is 2. The molecule has 2 heterocycles. The summed E-state index contributed by atoms with van der Waals surface area (Å²) in [7, 11) is 3.14. The van der Waals surface area contributed by atoms with Gasteiger partial charge in [0.25, 0.3) is 11.8 Å². The predicted molar refractivity (Wildman–Crippen MR) is 131 cm³/mol. The van der Waals surface area contributed by atoms with Crippen molar-refractivity contribution < 1.29 is 19.1 Å². The number of hydrogen-bond donors (Lipinski definition) is 1. The molecule has 0 radical (unpaired) electrons. The van der Waals surface area contributed by atoms with Crippen LogP contribution in [0.25, 0.3) is 11.8 Å². The van der Waals surface area contributed by atoms with E-state index in [9.17, 15) is 9.59 Å². The number of hydrogen-bond acceptors (Lipinski definition) is 5. The summed E-state index contributed by atoms with van der Waals surface area (Å²) in [4.78, 5) is 27.4. The van der Waals surface area contributed by atoms with Gasteiger partial charge in [-0.2, -0.15) is 0 Å². The molecule has 0 saturated carbocycles. The van der Waals surface area contributed by atoms with Crippen LogP contribution in [0.15, 0.2) is 60.2 Å². The molecular formula is C25H23N3O4S. The van der Waals surface area contributed by atoms with Crippen LogP contribution in [0.1, 0.15) is 17.0 Å². The molecule has 1 saturated heterocycles. The zero-order valence-electron chi connectivity index (χ0n) is 18.7. The molecule has 2 amide bonds. The number of rotatable bonds is 5. The minimum absolute atomic E-state index is 0.00959. The number of aryl methyl sites for hydroxylation is 1. The Bertz CT molecular complexity index is 1290. The summed E-state index contributed by atoms with van der Waals surface area (Å²) in [5, 5.41) is 2.63. The molecule has 0 unspecified atom stereocenters. The van der Waals surface area contributed by atoms with E-state index in [0.717, 1.165) is 28.4 Å². The number of aromatic nitrogens is 1. The summed E-state index contributed by atoms with van der Waals surface area (Å²) >= 11 is 5.30. The number of anilines is 1. The monoisotopic (exact) mass is 461 g/mol. The second-order valence-electron chi connectivity index (χ2n) is 7.49. The molecule has 1 aliphatic rings. The molecule has 168 valence electrons. The Labute approximate surface area is 197 Å². The minimum atomic E-state index is -0.537. The SMILES string of the molecule is COc1ccc(-n2c(C)cc(/C=C3\C(=O)NC(=S)N(c4ccccc4OC)C3=O)c2C)cc1. The fourth-order valence-corrected chi connectivity index (χ4v) is 4.18. The fraction of sp³-hybridized carbons (Fsp3) is 0.160. The number of thiocarbonyl (C=S) groups is 1. The number of para-hydroxylation sites is 2. The van der Waals surface area contributed by atoms with Gasteiger partial charge in [-0.25, -0.2) is 4.90 Å². The zero-order chi connectivity index (χ0) is 23.7. The van der Waals surface area contributed by atoms with Gasteiger partial charge >= 0.3 is 0 Å². The van der Waals surface area contributed by atoms with Gasteiger partial charge in [-0.1, -0.05) is 12.1 Å². The first kappa shape index (κ1) is 22.3. The molecule has 33 heavy (non-hydrogen) atoms. The Balaban J connectivity index is 1.76. The Hall–Kier alpha value is -3.91. The standard InChI is InChI=1S/C25H23N3O4S/c1-15-13-17(16(2)27(15)18-9-11-19(31-3)12-10-18)14-20-23(29)26-25(33)28(24(20)30)21-7-5-6-8-22(21)32-4/h5-14H,1-4H3,(H,26,29,33)/b20-14+. The normalized spacial score (nSPS) is 15.1. The van der Waals surface area contributed by atoms with E-state index in [1.807, 2.05) is 44.2 Å². The van der Waals surface area contributed by atoms with Crippen molar-refractivity contribution in [2.45, 2.75) is 13.8 Å². The van der Waals surface area contributed by atoms with Crippen molar-refractivity contribution in [3.8, 4) is 17.2 Å². The first-order valence-electron chi connectivity index (χ1n) is 10.2. The summed E-state index contributed by atoms with van der Waals surface area (Å²) in [6, 6.07) is 16.6. The third-order valence-corrected chi connectivity index (χ3v) is 5.81. The van der Waals surface area contributed by atoms with Crippen LogP contribution in [0.5, 0.6) is 11.5 Å². The third-order valence-electron chi connectivity index (χ3n) is 5.53. The van der Waals surface area contributed by atoms with E-state index in [-0.39, 0.29) is 10.7 Å². The average Bonchev–Trinajstić information content (AvgIpc) is 3.09. The van der Waals surface area contributed by atoms with Crippen molar-refractivity contribution in [2.75, 3.05) is 19.1 Å². The molecule has 4 rings (SSSR count). The Morgan fingerprint density at radius 1 is 0.970 bits per heavy atom. The second-order valence-corrected chi connectivity index (χ2v) is 7.88. The number of nitrogens with one attached hydrogen (secondary N) is 1. The highest BCUT2D eigenvalue weighted by Crippen LogP contribution is 2.31. The van der Waals surface area contributed by atoms with E-state index in [4.69, 9.17) is 21.7 Å². The van der Waals surface area contributed by atoms with Crippen molar-refractivity contribution in [1.29, 1.82) is 0 Å². The molecule has 1 fully saturated rings. The van der Waals surface area contributed by atoms with Gasteiger partial charge < -0.3 is 14.0 Å². The molecule has 1 aliphatic heterocycles. The van der Waals surface area contributed by atoms with Gasteiger partial charge in [0.05, 0.1) is 19.9 Å². The third kappa shape index (κ3) is 4.01. The van der Waals surface area contributed by atoms with Gasteiger partial charge in [0, 0.05) is 17.1 Å². The molecule has 7 nitrogen and oxygen atoms in total. The lowest BCUT2D eigenvalue weighted by molar-refractivity contribution is -0.122. The Morgan fingerprint density at radius 3 is 2.33 bits per heavy atom. The molecule has 3 aromatic rings. The number of methoxy groups -OCH3 is 2. The van der Waals surface area contributed by atoms with Crippen molar-refractivity contribution in [1.82, 2.24) is 9.88 Å². The fourth-order valence-electron chi connectivity index (χ4n) is 3.91. The lowest BCUT2D eigenvalue weighted by Crippen LogP contribution is -2.54. The number of nitrogens with zero attached hydrogens (tertiary/aromatic N) is 2. The van der Waals surface area contributed by atoms with Crippen LogP contribution in [-0.4, -0.2) is 35.7 Å². The van der Waals surface area contributed by atoms with Crippen LogP contribution in [-0.2, 0) is 9.59 Å². The molecule has 2 aromatic carbocycles. The highest BCUT2D eigenvalue weighted by atomic mass is 32.1. The number of carbonyl (C=O) groups excluding carboxylic acids is 2. The van der Waals surface area contributed by atoms with Crippen LogP contribution in [0.3, 0.4) is 0 Å². The topological polar surface area (TPSA) is 72.8 Å². The van der Waals surface area contributed by atoms with Gasteiger partial charge in [0.15, 0.2) is 5.11 Å². The van der Waals surface area contributed by atoms with Crippen molar-refractivity contribution >= 4 is 40.9 Å². The van der Waals surface area contributed by atoms with E-state index in [2.05, 4.69) is 9.88 Å². The van der Waals surface area contributed by atoms with Crippen molar-refractivity contribution in [3.63, 3.8) is 0 Å². The van der Waals surface area contributed by atoms with Crippen LogP contribution in [0.2, 0.25) is 0 Å². The highest BCUT2D eigenvalue weighted by Gasteiger charge is 2.36. The first-order valence-corrected chi connectivity index (χ1v) is 10.6. The van der Waals surface area contributed by atoms with Gasteiger partial charge in [-0.15, -0.1) is 0 Å².